The van der Waals surface area contributed by atoms with Crippen LogP contribution in [0.3, 0.4) is 0 Å². The van der Waals surface area contributed by atoms with E-state index in [-0.39, 0.29) is 17.3 Å². The highest BCUT2D eigenvalue weighted by Crippen LogP contribution is 2.38. The van der Waals surface area contributed by atoms with Crippen molar-refractivity contribution in [1.82, 2.24) is 9.88 Å². The van der Waals surface area contributed by atoms with Gasteiger partial charge in [-0.15, -0.1) is 12.4 Å². The third-order valence-corrected chi connectivity index (χ3v) is 4.63. The Hall–Kier alpha value is -1.23. The fourth-order valence-corrected chi connectivity index (χ4v) is 2.61. The number of rotatable bonds is 5. The van der Waals surface area contributed by atoms with Gasteiger partial charge in [0.05, 0.1) is 10.6 Å². The van der Waals surface area contributed by atoms with E-state index in [4.69, 9.17) is 0 Å². The van der Waals surface area contributed by atoms with Crippen LogP contribution in [0, 0.1) is 0 Å². The predicted molar refractivity (Wildman–Crippen MR) is 95.4 cm³/mol. The smallest absolute Gasteiger partial charge is 0.143 e. The molecular weight excluding hydrogens is 302 g/mol. The SMILES string of the molecule is CN(C)C(C)(C)SN(c1ccccc1)c1ccccn1.Cl. The zero-order valence-corrected chi connectivity index (χ0v) is 14.5. The quantitative estimate of drug-likeness (QED) is 0.592. The van der Waals surface area contributed by atoms with E-state index >= 15 is 0 Å². The summed E-state index contributed by atoms with van der Waals surface area (Å²) in [6, 6.07) is 16.3. The number of para-hydroxylation sites is 1. The van der Waals surface area contributed by atoms with Gasteiger partial charge in [0.2, 0.25) is 0 Å². The molecule has 1 aromatic heterocycles. The monoisotopic (exact) mass is 323 g/mol. The summed E-state index contributed by atoms with van der Waals surface area (Å²) >= 11 is 1.76. The molecule has 0 bridgehead atoms. The summed E-state index contributed by atoms with van der Waals surface area (Å²) in [6.45, 7) is 4.41. The summed E-state index contributed by atoms with van der Waals surface area (Å²) in [5, 5.41) is 0. The van der Waals surface area contributed by atoms with Crippen molar-refractivity contribution in [3.63, 3.8) is 0 Å². The van der Waals surface area contributed by atoms with Crippen molar-refractivity contribution < 1.29 is 0 Å². The first-order valence-electron chi connectivity index (χ1n) is 6.63. The minimum Gasteiger partial charge on any atom is -0.294 e. The van der Waals surface area contributed by atoms with Gasteiger partial charge in [-0.1, -0.05) is 24.3 Å². The highest BCUT2D eigenvalue weighted by molar-refractivity contribution is 8.02. The van der Waals surface area contributed by atoms with Gasteiger partial charge < -0.3 is 0 Å². The summed E-state index contributed by atoms with van der Waals surface area (Å²) in [4.78, 5) is 6.66. The number of benzene rings is 1. The fraction of sp³-hybridized carbons (Fsp3) is 0.312. The molecule has 0 saturated carbocycles. The third kappa shape index (κ3) is 4.63. The van der Waals surface area contributed by atoms with E-state index in [1.807, 2.05) is 30.5 Å². The maximum Gasteiger partial charge on any atom is 0.143 e. The Balaban J connectivity index is 0.00000220. The molecule has 114 valence electrons. The van der Waals surface area contributed by atoms with Crippen LogP contribution in [-0.4, -0.2) is 28.9 Å². The zero-order valence-electron chi connectivity index (χ0n) is 12.9. The normalized spacial score (nSPS) is 11.1. The Kier molecular flexibility index (Phi) is 6.52. The minimum atomic E-state index is -0.0344. The van der Waals surface area contributed by atoms with Crippen molar-refractivity contribution in [2.24, 2.45) is 0 Å². The summed E-state index contributed by atoms with van der Waals surface area (Å²) in [7, 11) is 4.18. The molecule has 2 rings (SSSR count). The summed E-state index contributed by atoms with van der Waals surface area (Å²) < 4.78 is 2.18. The molecule has 0 unspecified atom stereocenters. The van der Waals surface area contributed by atoms with Crippen molar-refractivity contribution in [1.29, 1.82) is 0 Å². The Morgan fingerprint density at radius 1 is 0.952 bits per heavy atom. The van der Waals surface area contributed by atoms with Crippen LogP contribution in [0.25, 0.3) is 0 Å². The van der Waals surface area contributed by atoms with Gasteiger partial charge >= 0.3 is 0 Å². The average molecular weight is 324 g/mol. The standard InChI is InChI=1S/C16H21N3S.ClH/c1-16(2,18(3)4)20-19(14-10-6-5-7-11-14)15-12-8-9-13-17-15;/h5-13H,1-4H3;1H. The van der Waals surface area contributed by atoms with Gasteiger partial charge in [0, 0.05) is 6.20 Å². The number of hydrogen-bond donors (Lipinski definition) is 0. The minimum absolute atomic E-state index is 0. The Bertz CT molecular complexity index is 492. The van der Waals surface area contributed by atoms with E-state index in [0.29, 0.717) is 0 Å². The van der Waals surface area contributed by atoms with Crippen LogP contribution in [0.2, 0.25) is 0 Å². The number of aromatic nitrogens is 1. The molecule has 2 aromatic rings. The van der Waals surface area contributed by atoms with Crippen molar-refractivity contribution in [2.75, 3.05) is 18.4 Å². The van der Waals surface area contributed by atoms with Gasteiger partial charge in [-0.05, 0) is 64.2 Å². The number of anilines is 2. The number of pyridine rings is 1. The number of halogens is 1. The summed E-state index contributed by atoms with van der Waals surface area (Å²) in [5.74, 6) is 0.943. The summed E-state index contributed by atoms with van der Waals surface area (Å²) in [5.41, 5.74) is 1.13. The van der Waals surface area contributed by atoms with Gasteiger partial charge in [0.25, 0.3) is 0 Å². The van der Waals surface area contributed by atoms with Gasteiger partial charge in [0.1, 0.15) is 5.82 Å². The topological polar surface area (TPSA) is 19.4 Å². The summed E-state index contributed by atoms with van der Waals surface area (Å²) in [6.07, 6.45) is 1.83. The lowest BCUT2D eigenvalue weighted by Crippen LogP contribution is -2.37. The van der Waals surface area contributed by atoms with Gasteiger partial charge in [-0.2, -0.15) is 0 Å². The van der Waals surface area contributed by atoms with Crippen LogP contribution in [0.4, 0.5) is 11.5 Å². The number of nitrogens with zero attached hydrogens (tertiary/aromatic N) is 3. The molecule has 5 heteroatoms. The lowest BCUT2D eigenvalue weighted by molar-refractivity contribution is 0.299. The molecule has 0 fully saturated rings. The van der Waals surface area contributed by atoms with Gasteiger partial charge in [0.15, 0.2) is 0 Å². The second-order valence-corrected chi connectivity index (χ2v) is 6.80. The van der Waals surface area contributed by atoms with Gasteiger partial charge in [-0.25, -0.2) is 4.98 Å². The highest BCUT2D eigenvalue weighted by atomic mass is 35.5. The van der Waals surface area contributed by atoms with Crippen LogP contribution in [-0.2, 0) is 0 Å². The molecule has 0 saturated heterocycles. The van der Waals surface area contributed by atoms with Crippen molar-refractivity contribution in [2.45, 2.75) is 18.7 Å². The van der Waals surface area contributed by atoms with E-state index in [1.165, 1.54) is 0 Å². The molecule has 0 atom stereocenters. The van der Waals surface area contributed by atoms with Crippen LogP contribution in [0.1, 0.15) is 13.8 Å². The molecule has 0 amide bonds. The van der Waals surface area contributed by atoms with Crippen molar-refractivity contribution in [3.8, 4) is 0 Å². The van der Waals surface area contributed by atoms with Crippen LogP contribution in [0.5, 0.6) is 0 Å². The van der Waals surface area contributed by atoms with Crippen LogP contribution in [0.15, 0.2) is 54.7 Å². The largest absolute Gasteiger partial charge is 0.294 e. The molecular formula is C16H22ClN3S. The zero-order chi connectivity index (χ0) is 14.6. The lowest BCUT2D eigenvalue weighted by atomic mass is 10.3. The van der Waals surface area contributed by atoms with Crippen LogP contribution >= 0.6 is 24.4 Å². The second-order valence-electron chi connectivity index (χ2n) is 5.25. The van der Waals surface area contributed by atoms with E-state index in [2.05, 4.69) is 66.4 Å². The van der Waals surface area contributed by atoms with Gasteiger partial charge in [-0.3, -0.25) is 9.21 Å². The Morgan fingerprint density at radius 2 is 1.57 bits per heavy atom. The van der Waals surface area contributed by atoms with Crippen LogP contribution < -0.4 is 4.31 Å². The first kappa shape index (κ1) is 17.8. The number of hydrogen-bond acceptors (Lipinski definition) is 4. The Labute approximate surface area is 137 Å². The first-order chi connectivity index (χ1) is 9.50. The molecule has 0 N–H and O–H groups in total. The van der Waals surface area contributed by atoms with Crippen molar-refractivity contribution in [3.05, 3.63) is 54.7 Å². The molecule has 0 aliphatic carbocycles. The molecule has 0 aliphatic heterocycles. The molecule has 0 radical (unpaired) electrons. The first-order valence-corrected chi connectivity index (χ1v) is 7.41. The second kappa shape index (κ2) is 7.69. The van der Waals surface area contributed by atoms with Crippen molar-refractivity contribution >= 4 is 35.9 Å². The van der Waals surface area contributed by atoms with E-state index < -0.39 is 0 Å². The molecule has 1 heterocycles. The Morgan fingerprint density at radius 3 is 2.10 bits per heavy atom. The van der Waals surface area contributed by atoms with E-state index in [0.717, 1.165) is 11.5 Å². The third-order valence-electron chi connectivity index (χ3n) is 3.24. The molecule has 1 aromatic carbocycles. The lowest BCUT2D eigenvalue weighted by Gasteiger charge is -2.36. The predicted octanol–water partition coefficient (Wildman–Crippen LogP) is 4.59. The fourth-order valence-electron chi connectivity index (χ4n) is 1.57. The highest BCUT2D eigenvalue weighted by Gasteiger charge is 2.27. The molecule has 0 spiro atoms. The maximum absolute atomic E-state index is 4.49. The van der Waals surface area contributed by atoms with E-state index in [9.17, 15) is 0 Å². The van der Waals surface area contributed by atoms with E-state index in [1.54, 1.807) is 11.9 Å². The molecule has 3 nitrogen and oxygen atoms in total. The maximum atomic E-state index is 4.49. The molecule has 21 heavy (non-hydrogen) atoms. The molecule has 0 aliphatic rings. The average Bonchev–Trinajstić information content (AvgIpc) is 2.46.